The number of halogens is 1. The molecule has 0 fully saturated rings. The van der Waals surface area contributed by atoms with E-state index in [1.807, 2.05) is 18.2 Å². The number of nitrogens with zero attached hydrogens (tertiary/aromatic N) is 1. The third-order valence-electron chi connectivity index (χ3n) is 2.76. The van der Waals surface area contributed by atoms with Crippen molar-refractivity contribution in [3.63, 3.8) is 0 Å². The van der Waals surface area contributed by atoms with Crippen molar-refractivity contribution in [2.24, 2.45) is 0 Å². The summed E-state index contributed by atoms with van der Waals surface area (Å²) >= 11 is 6.08. The lowest BCUT2D eigenvalue weighted by molar-refractivity contribution is 0.300. The SMILES string of the molecule is CCCN(CC)CCNc1c(N)cccc1Cl. The third kappa shape index (κ3) is 4.44. The topological polar surface area (TPSA) is 41.3 Å². The molecule has 96 valence electrons. The molecule has 3 N–H and O–H groups in total. The number of anilines is 2. The fourth-order valence-electron chi connectivity index (χ4n) is 1.81. The van der Waals surface area contributed by atoms with E-state index in [4.69, 9.17) is 17.3 Å². The zero-order valence-corrected chi connectivity index (χ0v) is 11.4. The molecular weight excluding hydrogens is 234 g/mol. The molecule has 0 aliphatic rings. The van der Waals surface area contributed by atoms with Crippen LogP contribution in [0.4, 0.5) is 11.4 Å². The molecule has 0 spiro atoms. The van der Waals surface area contributed by atoms with Gasteiger partial charge in [-0.2, -0.15) is 0 Å². The molecule has 0 heterocycles. The first-order valence-electron chi connectivity index (χ1n) is 6.19. The highest BCUT2D eigenvalue weighted by Gasteiger charge is 2.04. The minimum Gasteiger partial charge on any atom is -0.397 e. The predicted octanol–water partition coefficient (Wildman–Crippen LogP) is 3.07. The molecule has 1 aromatic carbocycles. The maximum atomic E-state index is 6.08. The first-order chi connectivity index (χ1) is 8.19. The first kappa shape index (κ1) is 14.1. The zero-order chi connectivity index (χ0) is 12.7. The molecule has 0 saturated carbocycles. The number of nitrogen functional groups attached to an aromatic ring is 1. The van der Waals surface area contributed by atoms with E-state index in [2.05, 4.69) is 24.1 Å². The van der Waals surface area contributed by atoms with Crippen LogP contribution in [0, 0.1) is 0 Å². The number of para-hydroxylation sites is 1. The van der Waals surface area contributed by atoms with E-state index in [0.717, 1.165) is 31.9 Å². The quantitative estimate of drug-likeness (QED) is 0.736. The van der Waals surface area contributed by atoms with E-state index in [1.54, 1.807) is 0 Å². The van der Waals surface area contributed by atoms with Gasteiger partial charge in [-0.15, -0.1) is 0 Å². The summed E-state index contributed by atoms with van der Waals surface area (Å²) in [6.45, 7) is 8.46. The van der Waals surface area contributed by atoms with Gasteiger partial charge in [0.15, 0.2) is 0 Å². The second-order valence-corrected chi connectivity index (χ2v) is 4.47. The fraction of sp³-hybridized carbons (Fsp3) is 0.538. The molecule has 4 heteroatoms. The molecule has 3 nitrogen and oxygen atoms in total. The Morgan fingerprint density at radius 2 is 2.06 bits per heavy atom. The van der Waals surface area contributed by atoms with Crippen molar-refractivity contribution in [1.29, 1.82) is 0 Å². The van der Waals surface area contributed by atoms with Gasteiger partial charge < -0.3 is 16.0 Å². The Kier molecular flexibility index (Phi) is 6.16. The van der Waals surface area contributed by atoms with Crippen LogP contribution in [0.5, 0.6) is 0 Å². The van der Waals surface area contributed by atoms with Crippen molar-refractivity contribution in [3.8, 4) is 0 Å². The van der Waals surface area contributed by atoms with Gasteiger partial charge in [-0.3, -0.25) is 0 Å². The average Bonchev–Trinajstić information content (AvgIpc) is 2.31. The Morgan fingerprint density at radius 1 is 1.29 bits per heavy atom. The van der Waals surface area contributed by atoms with Crippen LogP contribution in [-0.2, 0) is 0 Å². The Hall–Kier alpha value is -0.930. The van der Waals surface area contributed by atoms with E-state index >= 15 is 0 Å². The van der Waals surface area contributed by atoms with Gasteiger partial charge in [0, 0.05) is 13.1 Å². The molecular formula is C13H22ClN3. The van der Waals surface area contributed by atoms with E-state index in [1.165, 1.54) is 6.42 Å². The highest BCUT2D eigenvalue weighted by atomic mass is 35.5. The predicted molar refractivity (Wildman–Crippen MR) is 76.8 cm³/mol. The Bertz CT molecular complexity index is 321. The first-order valence-corrected chi connectivity index (χ1v) is 6.57. The highest BCUT2D eigenvalue weighted by Crippen LogP contribution is 2.27. The molecule has 0 amide bonds. The number of hydrogen-bond acceptors (Lipinski definition) is 3. The second-order valence-electron chi connectivity index (χ2n) is 4.07. The maximum Gasteiger partial charge on any atom is 0.0763 e. The fourth-order valence-corrected chi connectivity index (χ4v) is 2.06. The summed E-state index contributed by atoms with van der Waals surface area (Å²) in [5.74, 6) is 0. The van der Waals surface area contributed by atoms with Crippen LogP contribution in [0.1, 0.15) is 20.3 Å². The minimum absolute atomic E-state index is 0.684. The Balaban J connectivity index is 2.45. The van der Waals surface area contributed by atoms with Crippen LogP contribution in [0.25, 0.3) is 0 Å². The summed E-state index contributed by atoms with van der Waals surface area (Å²) in [4.78, 5) is 2.40. The van der Waals surface area contributed by atoms with E-state index < -0.39 is 0 Å². The molecule has 0 unspecified atom stereocenters. The molecule has 0 bridgehead atoms. The van der Waals surface area contributed by atoms with Crippen molar-refractivity contribution >= 4 is 23.0 Å². The van der Waals surface area contributed by atoms with Crippen molar-refractivity contribution in [3.05, 3.63) is 23.2 Å². The smallest absolute Gasteiger partial charge is 0.0763 e. The van der Waals surface area contributed by atoms with E-state index in [0.29, 0.717) is 10.7 Å². The molecule has 1 rings (SSSR count). The van der Waals surface area contributed by atoms with Crippen LogP contribution in [0.2, 0.25) is 5.02 Å². The van der Waals surface area contributed by atoms with Crippen LogP contribution in [0.3, 0.4) is 0 Å². The summed E-state index contributed by atoms with van der Waals surface area (Å²) in [5, 5.41) is 3.99. The number of likely N-dealkylation sites (N-methyl/N-ethyl adjacent to an activating group) is 1. The molecule has 0 saturated heterocycles. The molecule has 0 radical (unpaired) electrons. The standard InChI is InChI=1S/C13H22ClN3/c1-3-9-17(4-2)10-8-16-13-11(14)6-5-7-12(13)15/h5-7,16H,3-4,8-10,15H2,1-2H3. The number of rotatable bonds is 7. The van der Waals surface area contributed by atoms with Gasteiger partial charge in [-0.25, -0.2) is 0 Å². The zero-order valence-electron chi connectivity index (χ0n) is 10.7. The largest absolute Gasteiger partial charge is 0.397 e. The van der Waals surface area contributed by atoms with Gasteiger partial charge in [0.05, 0.1) is 16.4 Å². The number of benzene rings is 1. The number of nitrogens with one attached hydrogen (secondary N) is 1. The van der Waals surface area contributed by atoms with Crippen LogP contribution >= 0.6 is 11.6 Å². The summed E-state index contributed by atoms with van der Waals surface area (Å²) in [5.41, 5.74) is 7.42. The molecule has 1 aromatic rings. The summed E-state index contributed by atoms with van der Waals surface area (Å²) in [7, 11) is 0. The lowest BCUT2D eigenvalue weighted by atomic mass is 10.2. The summed E-state index contributed by atoms with van der Waals surface area (Å²) in [6.07, 6.45) is 1.18. The molecule has 17 heavy (non-hydrogen) atoms. The average molecular weight is 256 g/mol. The minimum atomic E-state index is 0.684. The second kappa shape index (κ2) is 7.41. The van der Waals surface area contributed by atoms with Gasteiger partial charge in [0.2, 0.25) is 0 Å². The van der Waals surface area contributed by atoms with Gasteiger partial charge in [0.1, 0.15) is 0 Å². The number of nitrogens with two attached hydrogens (primary N) is 1. The lowest BCUT2D eigenvalue weighted by Gasteiger charge is -2.20. The molecule has 0 aliphatic heterocycles. The van der Waals surface area contributed by atoms with Gasteiger partial charge in [0.25, 0.3) is 0 Å². The van der Waals surface area contributed by atoms with Crippen LogP contribution in [0.15, 0.2) is 18.2 Å². The van der Waals surface area contributed by atoms with Gasteiger partial charge >= 0.3 is 0 Å². The summed E-state index contributed by atoms with van der Waals surface area (Å²) in [6, 6.07) is 5.57. The van der Waals surface area contributed by atoms with Gasteiger partial charge in [-0.05, 0) is 31.6 Å². The van der Waals surface area contributed by atoms with Gasteiger partial charge in [-0.1, -0.05) is 31.5 Å². The summed E-state index contributed by atoms with van der Waals surface area (Å²) < 4.78 is 0. The van der Waals surface area contributed by atoms with E-state index in [-0.39, 0.29) is 0 Å². The van der Waals surface area contributed by atoms with Crippen molar-refractivity contribution < 1.29 is 0 Å². The molecule has 0 aromatic heterocycles. The highest BCUT2D eigenvalue weighted by molar-refractivity contribution is 6.33. The van der Waals surface area contributed by atoms with Crippen LogP contribution in [-0.4, -0.2) is 31.1 Å². The normalized spacial score (nSPS) is 10.8. The number of hydrogen-bond donors (Lipinski definition) is 2. The third-order valence-corrected chi connectivity index (χ3v) is 3.08. The Labute approximate surface area is 109 Å². The monoisotopic (exact) mass is 255 g/mol. The maximum absolute atomic E-state index is 6.08. The van der Waals surface area contributed by atoms with Crippen molar-refractivity contribution in [1.82, 2.24) is 4.90 Å². The molecule has 0 atom stereocenters. The lowest BCUT2D eigenvalue weighted by Crippen LogP contribution is -2.29. The van der Waals surface area contributed by atoms with Crippen LogP contribution < -0.4 is 11.1 Å². The molecule has 0 aliphatic carbocycles. The van der Waals surface area contributed by atoms with E-state index in [9.17, 15) is 0 Å². The Morgan fingerprint density at radius 3 is 2.65 bits per heavy atom. The van der Waals surface area contributed by atoms with Crippen molar-refractivity contribution in [2.45, 2.75) is 20.3 Å². The van der Waals surface area contributed by atoms with Crippen molar-refractivity contribution in [2.75, 3.05) is 37.2 Å².